The lowest BCUT2D eigenvalue weighted by atomic mass is 10.1. The Morgan fingerprint density at radius 3 is 2.80 bits per heavy atom. The summed E-state index contributed by atoms with van der Waals surface area (Å²) >= 11 is 9.55. The van der Waals surface area contributed by atoms with Crippen LogP contribution < -0.4 is 10.1 Å². The number of methoxy groups -OCH3 is 1. The molecule has 1 N–H and O–H groups in total. The van der Waals surface area contributed by atoms with Crippen molar-refractivity contribution in [2.75, 3.05) is 12.4 Å². The molecule has 0 bridgehead atoms. The number of hydrogen-bond acceptors (Lipinski definition) is 3. The van der Waals surface area contributed by atoms with E-state index in [1.54, 1.807) is 25.3 Å². The lowest BCUT2D eigenvalue weighted by Gasteiger charge is -2.12. The van der Waals surface area contributed by atoms with E-state index in [2.05, 4.69) is 27.3 Å². The second-order valence-electron chi connectivity index (χ2n) is 4.12. The maximum absolute atomic E-state index is 8.91. The molecular formula is C15H12BrClN2O. The first kappa shape index (κ1) is 14.7. The van der Waals surface area contributed by atoms with Gasteiger partial charge in [-0.05, 0) is 36.4 Å². The molecule has 0 saturated carbocycles. The van der Waals surface area contributed by atoms with Crippen molar-refractivity contribution < 1.29 is 4.74 Å². The van der Waals surface area contributed by atoms with Crippen LogP contribution in [0.4, 0.5) is 5.69 Å². The fourth-order valence-electron chi connectivity index (χ4n) is 1.81. The number of nitriles is 1. The van der Waals surface area contributed by atoms with Crippen molar-refractivity contribution in [1.82, 2.24) is 0 Å². The van der Waals surface area contributed by atoms with E-state index in [4.69, 9.17) is 21.6 Å². The molecule has 102 valence electrons. The highest BCUT2D eigenvalue weighted by Gasteiger charge is 2.06. The van der Waals surface area contributed by atoms with Gasteiger partial charge in [0.2, 0.25) is 0 Å². The van der Waals surface area contributed by atoms with Crippen molar-refractivity contribution >= 4 is 33.2 Å². The topological polar surface area (TPSA) is 45.0 Å². The van der Waals surface area contributed by atoms with Crippen LogP contribution in [0.3, 0.4) is 0 Å². The zero-order valence-electron chi connectivity index (χ0n) is 10.8. The molecule has 0 aromatic heterocycles. The molecular weight excluding hydrogens is 340 g/mol. The van der Waals surface area contributed by atoms with Gasteiger partial charge in [0, 0.05) is 16.6 Å². The number of halogens is 2. The molecule has 3 nitrogen and oxygen atoms in total. The van der Waals surface area contributed by atoms with Crippen LogP contribution in [0.5, 0.6) is 5.75 Å². The van der Waals surface area contributed by atoms with E-state index in [1.165, 1.54) is 0 Å². The monoisotopic (exact) mass is 350 g/mol. The summed E-state index contributed by atoms with van der Waals surface area (Å²) in [5.74, 6) is 0.799. The zero-order chi connectivity index (χ0) is 14.5. The van der Waals surface area contributed by atoms with Gasteiger partial charge in [-0.25, -0.2) is 0 Å². The van der Waals surface area contributed by atoms with Crippen molar-refractivity contribution in [3.63, 3.8) is 0 Å². The number of anilines is 1. The van der Waals surface area contributed by atoms with E-state index in [1.807, 2.05) is 18.2 Å². The van der Waals surface area contributed by atoms with Crippen LogP contribution >= 0.6 is 27.5 Å². The molecule has 2 aromatic rings. The minimum Gasteiger partial charge on any atom is -0.496 e. The lowest BCUT2D eigenvalue weighted by Crippen LogP contribution is -2.02. The summed E-state index contributed by atoms with van der Waals surface area (Å²) in [6.45, 7) is 0.553. The highest BCUT2D eigenvalue weighted by Crippen LogP contribution is 2.27. The van der Waals surface area contributed by atoms with E-state index in [9.17, 15) is 0 Å². The van der Waals surface area contributed by atoms with Gasteiger partial charge in [0.25, 0.3) is 0 Å². The third kappa shape index (κ3) is 3.44. The predicted molar refractivity (Wildman–Crippen MR) is 84.2 cm³/mol. The van der Waals surface area contributed by atoms with Gasteiger partial charge in [0.15, 0.2) is 0 Å². The first-order chi connectivity index (χ1) is 9.63. The molecule has 0 aliphatic carbocycles. The van der Waals surface area contributed by atoms with Gasteiger partial charge in [-0.2, -0.15) is 5.26 Å². The second-order valence-corrected chi connectivity index (χ2v) is 5.44. The first-order valence-electron chi connectivity index (χ1n) is 5.90. The van der Waals surface area contributed by atoms with E-state index >= 15 is 0 Å². The Bertz CT molecular complexity index is 665. The third-order valence-corrected chi connectivity index (χ3v) is 3.63. The van der Waals surface area contributed by atoms with Gasteiger partial charge in [-0.15, -0.1) is 0 Å². The van der Waals surface area contributed by atoms with Crippen molar-refractivity contribution in [1.29, 1.82) is 5.26 Å². The number of benzene rings is 2. The summed E-state index contributed by atoms with van der Waals surface area (Å²) in [5, 5.41) is 12.7. The Labute approximate surface area is 131 Å². The molecule has 0 aliphatic rings. The fraction of sp³-hybridized carbons (Fsp3) is 0.133. The molecule has 0 heterocycles. The summed E-state index contributed by atoms with van der Waals surface area (Å²) in [6, 6.07) is 13.0. The number of nitrogens with one attached hydrogen (secondary N) is 1. The number of hydrogen-bond donors (Lipinski definition) is 1. The van der Waals surface area contributed by atoms with Gasteiger partial charge in [-0.1, -0.05) is 27.5 Å². The Kier molecular flexibility index (Phi) is 4.89. The molecule has 20 heavy (non-hydrogen) atoms. The van der Waals surface area contributed by atoms with Crippen molar-refractivity contribution in [2.24, 2.45) is 0 Å². The Morgan fingerprint density at radius 2 is 2.10 bits per heavy atom. The van der Waals surface area contributed by atoms with Gasteiger partial charge in [0.05, 0.1) is 29.5 Å². The van der Waals surface area contributed by atoms with Crippen LogP contribution in [0.25, 0.3) is 0 Å². The second kappa shape index (κ2) is 6.65. The Balaban J connectivity index is 2.21. The Morgan fingerprint density at radius 1 is 1.30 bits per heavy atom. The minimum atomic E-state index is 0.553. The van der Waals surface area contributed by atoms with Gasteiger partial charge >= 0.3 is 0 Å². The molecule has 0 fully saturated rings. The first-order valence-corrected chi connectivity index (χ1v) is 7.07. The standard InChI is InChI=1S/C15H12BrClN2O/c1-20-15-5-3-12(16)7-11(15)9-19-14-6-10(8-18)2-4-13(14)17/h2-7,19H,9H2,1H3. The molecule has 0 aliphatic heterocycles. The molecule has 2 rings (SSSR count). The van der Waals surface area contributed by atoms with Crippen LogP contribution in [0.2, 0.25) is 5.02 Å². The van der Waals surface area contributed by atoms with E-state index in [0.29, 0.717) is 17.1 Å². The maximum atomic E-state index is 8.91. The normalized spacial score (nSPS) is 9.90. The smallest absolute Gasteiger partial charge is 0.123 e. The molecule has 0 radical (unpaired) electrons. The van der Waals surface area contributed by atoms with E-state index in [0.717, 1.165) is 21.5 Å². The van der Waals surface area contributed by atoms with Crippen molar-refractivity contribution in [3.05, 3.63) is 57.0 Å². The average Bonchev–Trinajstić information content (AvgIpc) is 2.46. The lowest BCUT2D eigenvalue weighted by molar-refractivity contribution is 0.410. The van der Waals surface area contributed by atoms with Crippen LogP contribution in [0.15, 0.2) is 40.9 Å². The summed E-state index contributed by atoms with van der Waals surface area (Å²) in [6.07, 6.45) is 0. The fourth-order valence-corrected chi connectivity index (χ4v) is 2.40. The molecule has 5 heteroatoms. The molecule has 0 atom stereocenters. The van der Waals surface area contributed by atoms with Gasteiger partial charge < -0.3 is 10.1 Å². The molecule has 2 aromatic carbocycles. The van der Waals surface area contributed by atoms with E-state index in [-0.39, 0.29) is 0 Å². The van der Waals surface area contributed by atoms with Crippen molar-refractivity contribution in [2.45, 2.75) is 6.54 Å². The van der Waals surface area contributed by atoms with Crippen LogP contribution in [-0.2, 0) is 6.54 Å². The highest BCUT2D eigenvalue weighted by atomic mass is 79.9. The average molecular weight is 352 g/mol. The van der Waals surface area contributed by atoms with Crippen LogP contribution in [0.1, 0.15) is 11.1 Å². The van der Waals surface area contributed by atoms with Gasteiger partial charge in [-0.3, -0.25) is 0 Å². The van der Waals surface area contributed by atoms with Crippen LogP contribution in [0, 0.1) is 11.3 Å². The number of nitrogens with zero attached hydrogens (tertiary/aromatic N) is 1. The van der Waals surface area contributed by atoms with Crippen LogP contribution in [-0.4, -0.2) is 7.11 Å². The maximum Gasteiger partial charge on any atom is 0.123 e. The summed E-state index contributed by atoms with van der Waals surface area (Å²) in [5.41, 5.74) is 2.30. The summed E-state index contributed by atoms with van der Waals surface area (Å²) in [7, 11) is 1.63. The van der Waals surface area contributed by atoms with Gasteiger partial charge in [0.1, 0.15) is 5.75 Å². The summed E-state index contributed by atoms with van der Waals surface area (Å²) in [4.78, 5) is 0. The summed E-state index contributed by atoms with van der Waals surface area (Å²) < 4.78 is 6.30. The van der Waals surface area contributed by atoms with E-state index < -0.39 is 0 Å². The SMILES string of the molecule is COc1ccc(Br)cc1CNc1cc(C#N)ccc1Cl. The largest absolute Gasteiger partial charge is 0.496 e. The molecule has 0 spiro atoms. The third-order valence-electron chi connectivity index (χ3n) is 2.81. The molecule has 0 amide bonds. The molecule has 0 unspecified atom stereocenters. The quantitative estimate of drug-likeness (QED) is 0.876. The van der Waals surface area contributed by atoms with Crippen molar-refractivity contribution in [3.8, 4) is 11.8 Å². The Hall–Kier alpha value is -1.70. The number of ether oxygens (including phenoxy) is 1. The number of rotatable bonds is 4. The minimum absolute atomic E-state index is 0.553. The zero-order valence-corrected chi connectivity index (χ0v) is 13.1. The predicted octanol–water partition coefficient (Wildman–Crippen LogP) is 4.59. The highest BCUT2D eigenvalue weighted by molar-refractivity contribution is 9.10. The molecule has 0 saturated heterocycles.